The zero-order valence-electron chi connectivity index (χ0n) is 17.1. The molecular weight excluding hydrogens is 392 g/mol. The first-order valence-corrected chi connectivity index (χ1v) is 11.4. The first kappa shape index (κ1) is 20.5. The number of benzene rings is 2. The summed E-state index contributed by atoms with van der Waals surface area (Å²) in [5.41, 5.74) is 3.26. The van der Waals surface area contributed by atoms with E-state index in [4.69, 9.17) is 4.74 Å². The second-order valence-electron chi connectivity index (χ2n) is 7.72. The molecule has 4 nitrogen and oxygen atoms in total. The summed E-state index contributed by atoms with van der Waals surface area (Å²) in [7, 11) is 0. The average Bonchev–Trinajstić information content (AvgIpc) is 3.24. The number of aromatic nitrogens is 1. The number of carbonyl (C=O) groups is 1. The van der Waals surface area contributed by atoms with E-state index in [2.05, 4.69) is 16.4 Å². The maximum atomic E-state index is 12.4. The van der Waals surface area contributed by atoms with Crippen molar-refractivity contribution in [3.8, 4) is 11.5 Å². The highest BCUT2D eigenvalue weighted by Gasteiger charge is 2.26. The number of rotatable bonds is 7. The van der Waals surface area contributed by atoms with E-state index in [0.717, 1.165) is 35.6 Å². The molecule has 30 heavy (non-hydrogen) atoms. The van der Waals surface area contributed by atoms with Crippen LogP contribution in [0.5, 0.6) is 11.5 Å². The number of hydrogen-bond donors (Lipinski definition) is 1. The van der Waals surface area contributed by atoms with Crippen LogP contribution < -0.4 is 10.1 Å². The fraction of sp³-hybridized carbons (Fsp3) is 0.280. The molecule has 0 spiro atoms. The molecule has 0 saturated heterocycles. The number of thioether (sulfide) groups is 1. The summed E-state index contributed by atoms with van der Waals surface area (Å²) in [6, 6.07) is 19.6. The van der Waals surface area contributed by atoms with Crippen molar-refractivity contribution in [2.45, 2.75) is 37.4 Å². The van der Waals surface area contributed by atoms with Crippen LogP contribution in [0.2, 0.25) is 0 Å². The van der Waals surface area contributed by atoms with E-state index < -0.39 is 0 Å². The molecule has 0 aliphatic heterocycles. The van der Waals surface area contributed by atoms with Gasteiger partial charge in [-0.05, 0) is 85.7 Å². The normalized spacial score (nSPS) is 18.2. The number of nitrogens with zero attached hydrogens (tertiary/aromatic N) is 1. The lowest BCUT2D eigenvalue weighted by Crippen LogP contribution is -2.15. The molecule has 2 atom stereocenters. The second kappa shape index (κ2) is 9.81. The Morgan fingerprint density at radius 3 is 2.73 bits per heavy atom. The summed E-state index contributed by atoms with van der Waals surface area (Å²) >= 11 is 1.76. The van der Waals surface area contributed by atoms with Crippen molar-refractivity contribution in [2.75, 3.05) is 11.1 Å². The molecule has 0 bridgehead atoms. The van der Waals surface area contributed by atoms with Crippen LogP contribution in [0.4, 0.5) is 5.69 Å². The van der Waals surface area contributed by atoms with E-state index in [1.807, 2.05) is 73.9 Å². The minimum absolute atomic E-state index is 0.0391. The fourth-order valence-corrected chi connectivity index (χ4v) is 4.95. The van der Waals surface area contributed by atoms with Crippen molar-refractivity contribution in [3.63, 3.8) is 0 Å². The molecule has 1 aromatic heterocycles. The summed E-state index contributed by atoms with van der Waals surface area (Å²) in [6.45, 7) is 2.04. The smallest absolute Gasteiger partial charge is 0.234 e. The van der Waals surface area contributed by atoms with Crippen molar-refractivity contribution in [2.24, 2.45) is 0 Å². The molecule has 2 unspecified atom stereocenters. The maximum absolute atomic E-state index is 12.4. The van der Waals surface area contributed by atoms with Gasteiger partial charge in [0, 0.05) is 23.3 Å². The minimum atomic E-state index is 0.0391. The Kier molecular flexibility index (Phi) is 6.70. The number of carbonyl (C=O) groups excluding carboxylic acids is 1. The first-order valence-electron chi connectivity index (χ1n) is 10.3. The summed E-state index contributed by atoms with van der Waals surface area (Å²) in [4.78, 5) is 16.6. The third-order valence-corrected chi connectivity index (χ3v) is 6.68. The number of aryl methyl sites for hydroxylation is 1. The Morgan fingerprint density at radius 2 is 1.97 bits per heavy atom. The topological polar surface area (TPSA) is 51.2 Å². The molecule has 2 aromatic carbocycles. The molecule has 1 aliphatic carbocycles. The van der Waals surface area contributed by atoms with Crippen LogP contribution >= 0.6 is 11.8 Å². The minimum Gasteiger partial charge on any atom is -0.457 e. The molecule has 3 aromatic rings. The monoisotopic (exact) mass is 418 g/mol. The zero-order valence-corrected chi connectivity index (χ0v) is 17.9. The molecule has 1 amide bonds. The van der Waals surface area contributed by atoms with E-state index in [9.17, 15) is 4.79 Å². The van der Waals surface area contributed by atoms with Crippen LogP contribution in [0.3, 0.4) is 0 Å². The van der Waals surface area contributed by atoms with E-state index in [-0.39, 0.29) is 5.91 Å². The molecule has 1 saturated carbocycles. The SMILES string of the molecule is Cc1cccc(Oc2ccc(NC(=O)CSC3CCC(c4cccnc4)C3)cc2)c1. The number of nitrogens with one attached hydrogen (secondary N) is 1. The van der Waals surface area contributed by atoms with E-state index >= 15 is 0 Å². The van der Waals surface area contributed by atoms with Crippen molar-refractivity contribution in [3.05, 3.63) is 84.2 Å². The molecule has 4 rings (SSSR count). The quantitative estimate of drug-likeness (QED) is 0.497. The van der Waals surface area contributed by atoms with Crippen molar-refractivity contribution < 1.29 is 9.53 Å². The van der Waals surface area contributed by atoms with Crippen molar-refractivity contribution in [1.29, 1.82) is 0 Å². The number of anilines is 1. The van der Waals surface area contributed by atoms with Gasteiger partial charge >= 0.3 is 0 Å². The molecular formula is C25H26N2O2S. The maximum Gasteiger partial charge on any atom is 0.234 e. The van der Waals surface area contributed by atoms with Gasteiger partial charge in [-0.3, -0.25) is 9.78 Å². The second-order valence-corrected chi connectivity index (χ2v) is 9.01. The van der Waals surface area contributed by atoms with Gasteiger partial charge in [-0.2, -0.15) is 0 Å². The van der Waals surface area contributed by atoms with Crippen LogP contribution in [0.15, 0.2) is 73.1 Å². The van der Waals surface area contributed by atoms with Crippen molar-refractivity contribution in [1.82, 2.24) is 4.98 Å². The van der Waals surface area contributed by atoms with E-state index in [0.29, 0.717) is 16.9 Å². The number of hydrogen-bond acceptors (Lipinski definition) is 4. The van der Waals surface area contributed by atoms with Crippen LogP contribution in [-0.2, 0) is 4.79 Å². The molecule has 0 radical (unpaired) electrons. The summed E-state index contributed by atoms with van der Waals surface area (Å²) in [5.74, 6) is 2.65. The molecule has 154 valence electrons. The Hall–Kier alpha value is -2.79. The lowest BCUT2D eigenvalue weighted by atomic mass is 10.00. The van der Waals surface area contributed by atoms with Gasteiger partial charge in [-0.1, -0.05) is 18.2 Å². The standard InChI is InChI=1S/C25H26N2O2S/c1-18-4-2-6-23(14-18)29-22-10-8-21(9-11-22)27-25(28)17-30-24-12-7-19(15-24)20-5-3-13-26-16-20/h2-6,8-11,13-14,16,19,24H,7,12,15,17H2,1H3,(H,27,28). The van der Waals surface area contributed by atoms with Gasteiger partial charge in [0.05, 0.1) is 5.75 Å². The summed E-state index contributed by atoms with van der Waals surface area (Å²) < 4.78 is 5.86. The lowest BCUT2D eigenvalue weighted by molar-refractivity contribution is -0.113. The Morgan fingerprint density at radius 1 is 1.10 bits per heavy atom. The fourth-order valence-electron chi connectivity index (χ4n) is 3.82. The Bertz CT molecular complexity index is 976. The van der Waals surface area contributed by atoms with Gasteiger partial charge in [0.15, 0.2) is 0 Å². The third-order valence-electron chi connectivity index (χ3n) is 5.35. The zero-order chi connectivity index (χ0) is 20.8. The number of ether oxygens (including phenoxy) is 1. The highest BCUT2D eigenvalue weighted by atomic mass is 32.2. The molecule has 5 heteroatoms. The largest absolute Gasteiger partial charge is 0.457 e. The first-order chi connectivity index (χ1) is 14.7. The number of amides is 1. The highest BCUT2D eigenvalue weighted by Crippen LogP contribution is 2.39. The van der Waals surface area contributed by atoms with Gasteiger partial charge in [0.2, 0.25) is 5.91 Å². The van der Waals surface area contributed by atoms with Crippen LogP contribution in [0.25, 0.3) is 0 Å². The van der Waals surface area contributed by atoms with Crippen LogP contribution in [-0.4, -0.2) is 21.9 Å². The highest BCUT2D eigenvalue weighted by molar-refractivity contribution is 8.00. The molecule has 1 fully saturated rings. The third kappa shape index (κ3) is 5.63. The Balaban J connectivity index is 1.22. The average molecular weight is 419 g/mol. The predicted octanol–water partition coefficient (Wildman–Crippen LogP) is 6.19. The van der Waals surface area contributed by atoms with E-state index in [1.165, 1.54) is 12.0 Å². The predicted molar refractivity (Wildman–Crippen MR) is 123 cm³/mol. The van der Waals surface area contributed by atoms with Gasteiger partial charge in [0.1, 0.15) is 11.5 Å². The number of pyridine rings is 1. The van der Waals surface area contributed by atoms with Crippen molar-refractivity contribution >= 4 is 23.4 Å². The van der Waals surface area contributed by atoms with Gasteiger partial charge < -0.3 is 10.1 Å². The van der Waals surface area contributed by atoms with Gasteiger partial charge in [-0.25, -0.2) is 0 Å². The van der Waals surface area contributed by atoms with Crippen LogP contribution in [0, 0.1) is 6.92 Å². The van der Waals surface area contributed by atoms with Crippen LogP contribution in [0.1, 0.15) is 36.3 Å². The molecule has 1 heterocycles. The Labute approximate surface area is 182 Å². The molecule has 1 N–H and O–H groups in total. The summed E-state index contributed by atoms with van der Waals surface area (Å²) in [5, 5.41) is 3.52. The lowest BCUT2D eigenvalue weighted by Gasteiger charge is -2.12. The van der Waals surface area contributed by atoms with Gasteiger partial charge in [-0.15, -0.1) is 11.8 Å². The van der Waals surface area contributed by atoms with E-state index in [1.54, 1.807) is 11.8 Å². The summed E-state index contributed by atoms with van der Waals surface area (Å²) in [6.07, 6.45) is 7.23. The van der Waals surface area contributed by atoms with Gasteiger partial charge in [0.25, 0.3) is 0 Å². The molecule has 1 aliphatic rings.